The third-order valence-corrected chi connectivity index (χ3v) is 5.91. The van der Waals surface area contributed by atoms with Crippen molar-refractivity contribution in [1.82, 2.24) is 10.3 Å². The molecular formula is C26H25N5O5. The highest BCUT2D eigenvalue weighted by Gasteiger charge is 2.23. The van der Waals surface area contributed by atoms with Crippen LogP contribution in [0.1, 0.15) is 36.0 Å². The Bertz CT molecular complexity index is 1390. The molecule has 0 aliphatic rings. The van der Waals surface area contributed by atoms with Crippen molar-refractivity contribution in [3.63, 3.8) is 0 Å². The van der Waals surface area contributed by atoms with Gasteiger partial charge in [-0.15, -0.1) is 0 Å². The van der Waals surface area contributed by atoms with Gasteiger partial charge in [-0.05, 0) is 31.0 Å². The molecule has 0 atom stereocenters. The number of hydrogen-bond donors (Lipinski definition) is 2. The monoisotopic (exact) mass is 487 g/mol. The molecule has 0 fully saturated rings. The van der Waals surface area contributed by atoms with Gasteiger partial charge in [0.25, 0.3) is 17.3 Å². The molecule has 0 saturated heterocycles. The summed E-state index contributed by atoms with van der Waals surface area (Å²) in [5.74, 6) is -0.616. The van der Waals surface area contributed by atoms with Gasteiger partial charge in [0.1, 0.15) is 5.56 Å². The maximum absolute atomic E-state index is 12.4. The Morgan fingerprint density at radius 1 is 0.778 bits per heavy atom. The van der Waals surface area contributed by atoms with E-state index in [4.69, 9.17) is 4.98 Å². The van der Waals surface area contributed by atoms with Gasteiger partial charge < -0.3 is 10.6 Å². The molecule has 1 aromatic heterocycles. The fourth-order valence-corrected chi connectivity index (χ4v) is 4.12. The molecule has 36 heavy (non-hydrogen) atoms. The quantitative estimate of drug-likeness (QED) is 0.121. The number of nitrogens with one attached hydrogen (secondary N) is 2. The normalized spacial score (nSPS) is 10.9. The number of rotatable bonds is 11. The number of benzene rings is 3. The van der Waals surface area contributed by atoms with Crippen molar-refractivity contribution in [1.29, 1.82) is 0 Å². The minimum Gasteiger partial charge on any atom is -0.384 e. The highest BCUT2D eigenvalue weighted by atomic mass is 16.6. The number of carbonyl (C=O) groups is 1. The second-order valence-electron chi connectivity index (χ2n) is 8.33. The van der Waals surface area contributed by atoms with Gasteiger partial charge in [0.15, 0.2) is 0 Å². The molecule has 0 bridgehead atoms. The van der Waals surface area contributed by atoms with E-state index in [1.807, 2.05) is 36.4 Å². The first kappa shape index (κ1) is 24.5. The number of aromatic nitrogens is 1. The molecule has 0 spiro atoms. The zero-order chi connectivity index (χ0) is 25.5. The van der Waals surface area contributed by atoms with Crippen molar-refractivity contribution in [2.24, 2.45) is 0 Å². The summed E-state index contributed by atoms with van der Waals surface area (Å²) in [6, 6.07) is 19.1. The second-order valence-corrected chi connectivity index (χ2v) is 8.33. The molecule has 4 aromatic rings. The molecule has 0 saturated carbocycles. The average molecular weight is 488 g/mol. The number of pyridine rings is 1. The van der Waals surface area contributed by atoms with Gasteiger partial charge in [0.2, 0.25) is 0 Å². The number of amides is 1. The van der Waals surface area contributed by atoms with E-state index in [9.17, 15) is 25.0 Å². The maximum atomic E-state index is 12.4. The number of non-ortho nitro benzene ring substituents is 1. The van der Waals surface area contributed by atoms with Crippen molar-refractivity contribution < 1.29 is 14.6 Å². The van der Waals surface area contributed by atoms with Crippen LogP contribution in [-0.4, -0.2) is 33.8 Å². The van der Waals surface area contributed by atoms with Gasteiger partial charge in [0, 0.05) is 29.9 Å². The number of unbranched alkanes of at least 4 members (excludes halogenated alkanes) is 3. The molecule has 1 amide bonds. The van der Waals surface area contributed by atoms with Crippen molar-refractivity contribution in [2.75, 3.05) is 18.4 Å². The third kappa shape index (κ3) is 5.54. The summed E-state index contributed by atoms with van der Waals surface area (Å²) in [6.45, 7) is 1.15. The van der Waals surface area contributed by atoms with Crippen molar-refractivity contribution in [2.45, 2.75) is 25.7 Å². The van der Waals surface area contributed by atoms with Gasteiger partial charge in [-0.25, -0.2) is 4.98 Å². The molecule has 1 heterocycles. The zero-order valence-corrected chi connectivity index (χ0v) is 19.5. The number of nitrogens with zero attached hydrogens (tertiary/aromatic N) is 3. The molecule has 10 heteroatoms. The van der Waals surface area contributed by atoms with E-state index in [2.05, 4.69) is 22.8 Å². The highest BCUT2D eigenvalue weighted by molar-refractivity contribution is 6.07. The van der Waals surface area contributed by atoms with Crippen molar-refractivity contribution in [3.8, 4) is 0 Å². The van der Waals surface area contributed by atoms with E-state index in [1.165, 1.54) is 0 Å². The van der Waals surface area contributed by atoms with Crippen LogP contribution >= 0.6 is 0 Å². The van der Waals surface area contributed by atoms with E-state index < -0.39 is 27.1 Å². The molecule has 0 aliphatic heterocycles. The van der Waals surface area contributed by atoms with Gasteiger partial charge >= 0.3 is 0 Å². The van der Waals surface area contributed by atoms with E-state index >= 15 is 0 Å². The summed E-state index contributed by atoms with van der Waals surface area (Å²) in [5.41, 5.74) is 1.77. The maximum Gasteiger partial charge on any atom is 0.289 e. The molecule has 3 aromatic carbocycles. The second kappa shape index (κ2) is 11.2. The van der Waals surface area contributed by atoms with Gasteiger partial charge in [-0.1, -0.05) is 49.2 Å². The summed E-state index contributed by atoms with van der Waals surface area (Å²) in [7, 11) is 0. The number of fused-ring (bicyclic) bond motifs is 2. The average Bonchev–Trinajstić information content (AvgIpc) is 2.88. The molecule has 10 nitrogen and oxygen atoms in total. The van der Waals surface area contributed by atoms with Gasteiger partial charge in [0.05, 0.1) is 32.6 Å². The van der Waals surface area contributed by atoms with Crippen LogP contribution in [0.15, 0.2) is 66.7 Å². The van der Waals surface area contributed by atoms with Crippen LogP contribution in [0.4, 0.5) is 17.1 Å². The van der Waals surface area contributed by atoms with Crippen LogP contribution in [-0.2, 0) is 0 Å². The Morgan fingerprint density at radius 2 is 1.39 bits per heavy atom. The number of carbonyl (C=O) groups excluding carboxylic acids is 1. The Labute approximate surface area is 206 Å². The lowest BCUT2D eigenvalue weighted by Crippen LogP contribution is -2.25. The summed E-state index contributed by atoms with van der Waals surface area (Å²) < 4.78 is 0. The van der Waals surface area contributed by atoms with Gasteiger partial charge in [-0.3, -0.25) is 25.0 Å². The Hall–Kier alpha value is -4.60. The molecule has 0 unspecified atom stereocenters. The van der Waals surface area contributed by atoms with E-state index in [0.29, 0.717) is 13.0 Å². The topological polar surface area (TPSA) is 140 Å². The summed E-state index contributed by atoms with van der Waals surface area (Å²) in [5, 5.41) is 30.5. The van der Waals surface area contributed by atoms with Crippen LogP contribution in [0.25, 0.3) is 21.8 Å². The summed E-state index contributed by atoms with van der Waals surface area (Å²) >= 11 is 0. The van der Waals surface area contributed by atoms with Crippen LogP contribution in [0.3, 0.4) is 0 Å². The van der Waals surface area contributed by atoms with Crippen molar-refractivity contribution >= 4 is 44.8 Å². The van der Waals surface area contributed by atoms with Crippen LogP contribution in [0.5, 0.6) is 0 Å². The smallest absolute Gasteiger partial charge is 0.289 e. The van der Waals surface area contributed by atoms with E-state index in [-0.39, 0.29) is 5.56 Å². The number of nitro benzene ring substituents is 2. The highest BCUT2D eigenvalue weighted by Crippen LogP contribution is 2.30. The molecule has 4 rings (SSSR count). The Morgan fingerprint density at radius 3 is 2.00 bits per heavy atom. The van der Waals surface area contributed by atoms with E-state index in [0.717, 1.165) is 71.5 Å². The Kier molecular flexibility index (Phi) is 7.64. The van der Waals surface area contributed by atoms with Crippen LogP contribution in [0.2, 0.25) is 0 Å². The molecule has 0 radical (unpaired) electrons. The predicted molar refractivity (Wildman–Crippen MR) is 138 cm³/mol. The first-order chi connectivity index (χ1) is 17.5. The first-order valence-electron chi connectivity index (χ1n) is 11.7. The summed E-state index contributed by atoms with van der Waals surface area (Å²) in [6.07, 6.45) is 3.48. The number of para-hydroxylation sites is 2. The predicted octanol–water partition coefficient (Wildman–Crippen LogP) is 5.61. The molecule has 2 N–H and O–H groups in total. The minimum atomic E-state index is -0.788. The largest absolute Gasteiger partial charge is 0.384 e. The molecule has 184 valence electrons. The third-order valence-electron chi connectivity index (χ3n) is 5.91. The fraction of sp³-hybridized carbons (Fsp3) is 0.231. The van der Waals surface area contributed by atoms with Gasteiger partial charge in [-0.2, -0.15) is 0 Å². The summed E-state index contributed by atoms with van der Waals surface area (Å²) in [4.78, 5) is 37.6. The lowest BCUT2D eigenvalue weighted by molar-refractivity contribution is -0.394. The lowest BCUT2D eigenvalue weighted by atomic mass is 10.1. The zero-order valence-electron chi connectivity index (χ0n) is 19.5. The minimum absolute atomic E-state index is 0.188. The number of anilines is 1. The standard InChI is InChI=1S/C26H25N5O5/c32-26(21-14-13-18(30(33)34)17-24(21)31(35)36)28-16-8-2-1-7-15-27-25-19-9-3-5-11-22(19)29-23-12-6-4-10-20(23)25/h3-6,9-14,17H,1-2,7-8,15-16H2,(H,27,29)(H,28,32). The first-order valence-corrected chi connectivity index (χ1v) is 11.7. The Balaban J connectivity index is 1.24. The number of nitro groups is 2. The number of hydrogen-bond acceptors (Lipinski definition) is 7. The van der Waals surface area contributed by atoms with Crippen molar-refractivity contribution in [3.05, 3.63) is 92.5 Å². The van der Waals surface area contributed by atoms with E-state index in [1.54, 1.807) is 0 Å². The SMILES string of the molecule is O=C(NCCCCCCNc1c2ccccc2nc2ccccc12)c1ccc([N+](=O)[O-])cc1[N+](=O)[O-]. The van der Waals surface area contributed by atoms with Crippen LogP contribution < -0.4 is 10.6 Å². The molecular weight excluding hydrogens is 462 g/mol. The van der Waals surface area contributed by atoms with Crippen LogP contribution in [0, 0.1) is 20.2 Å². The lowest BCUT2D eigenvalue weighted by Gasteiger charge is -2.13. The molecule has 0 aliphatic carbocycles. The fourth-order valence-electron chi connectivity index (χ4n) is 4.12.